The summed E-state index contributed by atoms with van der Waals surface area (Å²) in [6, 6.07) is 11.1. The Bertz CT molecular complexity index is 549. The third kappa shape index (κ3) is 3.11. The Morgan fingerprint density at radius 3 is 2.32 bits per heavy atom. The van der Waals surface area contributed by atoms with Gasteiger partial charge in [0.2, 0.25) is 0 Å². The van der Waals surface area contributed by atoms with Crippen LogP contribution in [-0.2, 0) is 0 Å². The van der Waals surface area contributed by atoms with Crippen LogP contribution in [0.5, 0.6) is 17.2 Å². The first-order chi connectivity index (χ1) is 9.28. The summed E-state index contributed by atoms with van der Waals surface area (Å²) in [7, 11) is 0. The lowest BCUT2D eigenvalue weighted by molar-refractivity contribution is 0.288. The first-order valence-electron chi connectivity index (χ1n) is 6.67. The standard InChI is InChI=1S/C16H19O3/c1-4-17-14-8-7-12-10-15(18-5-2)16(19-6-3)11-13(12)9-14/h7-9,11H,4-6H2,1-3H3. The lowest BCUT2D eigenvalue weighted by atomic mass is 10.1. The van der Waals surface area contributed by atoms with Crippen LogP contribution in [0.2, 0.25) is 0 Å². The summed E-state index contributed by atoms with van der Waals surface area (Å²) >= 11 is 0. The monoisotopic (exact) mass is 259 g/mol. The maximum atomic E-state index is 5.60. The minimum absolute atomic E-state index is 0.596. The number of fused-ring (bicyclic) bond motifs is 1. The van der Waals surface area contributed by atoms with Gasteiger partial charge in [0, 0.05) is 6.07 Å². The summed E-state index contributed by atoms with van der Waals surface area (Å²) in [5.41, 5.74) is 0. The topological polar surface area (TPSA) is 27.7 Å². The molecule has 0 unspecified atom stereocenters. The number of hydrogen-bond donors (Lipinski definition) is 0. The molecular formula is C16H19O3. The van der Waals surface area contributed by atoms with Crippen molar-refractivity contribution in [3.63, 3.8) is 0 Å². The van der Waals surface area contributed by atoms with E-state index in [4.69, 9.17) is 14.2 Å². The fourth-order valence-electron chi connectivity index (χ4n) is 1.94. The summed E-state index contributed by atoms with van der Waals surface area (Å²) < 4.78 is 16.7. The van der Waals surface area contributed by atoms with Crippen LogP contribution < -0.4 is 14.2 Å². The molecule has 2 aromatic carbocycles. The number of ether oxygens (including phenoxy) is 3. The fourth-order valence-corrected chi connectivity index (χ4v) is 1.94. The van der Waals surface area contributed by atoms with E-state index in [1.807, 2.05) is 45.0 Å². The Labute approximate surface area is 114 Å². The van der Waals surface area contributed by atoms with Crippen molar-refractivity contribution in [3.8, 4) is 17.2 Å². The van der Waals surface area contributed by atoms with Crippen LogP contribution in [0.4, 0.5) is 0 Å². The second-order valence-electron chi connectivity index (χ2n) is 4.01. The van der Waals surface area contributed by atoms with Crippen molar-refractivity contribution < 1.29 is 14.2 Å². The highest BCUT2D eigenvalue weighted by molar-refractivity contribution is 5.86. The van der Waals surface area contributed by atoms with Gasteiger partial charge in [-0.25, -0.2) is 0 Å². The summed E-state index contributed by atoms with van der Waals surface area (Å²) in [5, 5.41) is 2.04. The zero-order valence-electron chi connectivity index (χ0n) is 11.7. The van der Waals surface area contributed by atoms with Gasteiger partial charge >= 0.3 is 0 Å². The average Bonchev–Trinajstić information content (AvgIpc) is 2.40. The van der Waals surface area contributed by atoms with Gasteiger partial charge < -0.3 is 14.2 Å². The second-order valence-corrected chi connectivity index (χ2v) is 4.01. The van der Waals surface area contributed by atoms with E-state index in [1.54, 1.807) is 0 Å². The van der Waals surface area contributed by atoms with Crippen LogP contribution in [-0.4, -0.2) is 19.8 Å². The molecule has 0 aliphatic heterocycles. The Morgan fingerprint density at radius 1 is 0.895 bits per heavy atom. The van der Waals surface area contributed by atoms with Gasteiger partial charge in [-0.3, -0.25) is 0 Å². The Balaban J connectivity index is 2.46. The van der Waals surface area contributed by atoms with Crippen LogP contribution in [0.15, 0.2) is 24.3 Å². The SMILES string of the molecule is CCOc1ccc2[c]c(OCC)c(OCC)cc2c1. The van der Waals surface area contributed by atoms with E-state index in [0.29, 0.717) is 25.6 Å². The Morgan fingerprint density at radius 2 is 1.63 bits per heavy atom. The minimum Gasteiger partial charge on any atom is -0.494 e. The fraction of sp³-hybridized carbons (Fsp3) is 0.375. The lowest BCUT2D eigenvalue weighted by Crippen LogP contribution is -1.99. The summed E-state index contributed by atoms with van der Waals surface area (Å²) in [6.07, 6.45) is 0. The normalized spacial score (nSPS) is 10.5. The predicted octanol–water partition coefficient (Wildman–Crippen LogP) is 3.84. The molecular weight excluding hydrogens is 240 g/mol. The predicted molar refractivity (Wildman–Crippen MR) is 76.3 cm³/mol. The van der Waals surface area contributed by atoms with Crippen LogP contribution in [0.1, 0.15) is 20.8 Å². The van der Waals surface area contributed by atoms with Crippen LogP contribution >= 0.6 is 0 Å². The van der Waals surface area contributed by atoms with Gasteiger partial charge in [-0.1, -0.05) is 0 Å². The molecule has 0 saturated heterocycles. The highest BCUT2D eigenvalue weighted by atomic mass is 16.5. The zero-order valence-corrected chi connectivity index (χ0v) is 11.7. The molecule has 0 atom stereocenters. The molecule has 0 aliphatic carbocycles. The number of rotatable bonds is 6. The first-order valence-corrected chi connectivity index (χ1v) is 6.67. The molecule has 0 spiro atoms. The molecule has 2 aromatic rings. The van der Waals surface area contributed by atoms with Crippen molar-refractivity contribution in [2.24, 2.45) is 0 Å². The molecule has 0 aliphatic rings. The van der Waals surface area contributed by atoms with Crippen molar-refractivity contribution in [2.75, 3.05) is 19.8 Å². The van der Waals surface area contributed by atoms with E-state index >= 15 is 0 Å². The van der Waals surface area contributed by atoms with E-state index in [1.165, 1.54) is 0 Å². The van der Waals surface area contributed by atoms with Crippen molar-refractivity contribution >= 4 is 10.8 Å². The van der Waals surface area contributed by atoms with E-state index in [9.17, 15) is 0 Å². The largest absolute Gasteiger partial charge is 0.494 e. The highest BCUT2D eigenvalue weighted by Crippen LogP contribution is 2.33. The van der Waals surface area contributed by atoms with Crippen molar-refractivity contribution in [3.05, 3.63) is 30.3 Å². The third-order valence-corrected chi connectivity index (χ3v) is 2.68. The Kier molecular flexibility index (Phi) is 4.50. The van der Waals surface area contributed by atoms with Gasteiger partial charge in [-0.2, -0.15) is 0 Å². The van der Waals surface area contributed by atoms with Crippen molar-refractivity contribution in [1.29, 1.82) is 0 Å². The van der Waals surface area contributed by atoms with Crippen LogP contribution in [0, 0.1) is 6.07 Å². The molecule has 0 fully saturated rings. The summed E-state index contributed by atoms with van der Waals surface area (Å²) in [4.78, 5) is 0. The summed E-state index contributed by atoms with van der Waals surface area (Å²) in [5.74, 6) is 2.25. The number of benzene rings is 2. The molecule has 101 valence electrons. The molecule has 19 heavy (non-hydrogen) atoms. The van der Waals surface area contributed by atoms with Crippen LogP contribution in [0.25, 0.3) is 10.8 Å². The average molecular weight is 259 g/mol. The second kappa shape index (κ2) is 6.32. The molecule has 0 heterocycles. The number of hydrogen-bond acceptors (Lipinski definition) is 3. The van der Waals surface area contributed by atoms with E-state index < -0.39 is 0 Å². The third-order valence-electron chi connectivity index (χ3n) is 2.68. The van der Waals surface area contributed by atoms with Crippen molar-refractivity contribution in [1.82, 2.24) is 0 Å². The first kappa shape index (κ1) is 13.5. The summed E-state index contributed by atoms with van der Waals surface area (Å²) in [6.45, 7) is 7.73. The maximum absolute atomic E-state index is 5.60. The van der Waals surface area contributed by atoms with Gasteiger partial charge in [0.1, 0.15) is 5.75 Å². The lowest BCUT2D eigenvalue weighted by Gasteiger charge is -2.12. The molecule has 3 nitrogen and oxygen atoms in total. The molecule has 0 N–H and O–H groups in total. The molecule has 0 aromatic heterocycles. The van der Waals surface area contributed by atoms with E-state index in [0.717, 1.165) is 22.3 Å². The van der Waals surface area contributed by atoms with Gasteiger partial charge in [-0.05, 0) is 55.8 Å². The molecule has 3 heteroatoms. The smallest absolute Gasteiger partial charge is 0.169 e. The minimum atomic E-state index is 0.596. The van der Waals surface area contributed by atoms with Crippen LogP contribution in [0.3, 0.4) is 0 Å². The van der Waals surface area contributed by atoms with Crippen molar-refractivity contribution in [2.45, 2.75) is 20.8 Å². The van der Waals surface area contributed by atoms with E-state index in [-0.39, 0.29) is 0 Å². The van der Waals surface area contributed by atoms with Gasteiger partial charge in [0.05, 0.1) is 19.8 Å². The van der Waals surface area contributed by atoms with Gasteiger partial charge in [0.25, 0.3) is 0 Å². The zero-order chi connectivity index (χ0) is 13.7. The maximum Gasteiger partial charge on any atom is 0.169 e. The molecule has 0 saturated carbocycles. The molecule has 2 rings (SSSR count). The molecule has 0 amide bonds. The quantitative estimate of drug-likeness (QED) is 0.789. The van der Waals surface area contributed by atoms with Gasteiger partial charge in [0.15, 0.2) is 11.5 Å². The van der Waals surface area contributed by atoms with Gasteiger partial charge in [-0.15, -0.1) is 0 Å². The Hall–Kier alpha value is -1.90. The van der Waals surface area contributed by atoms with E-state index in [2.05, 4.69) is 6.07 Å². The molecule has 0 bridgehead atoms. The highest BCUT2D eigenvalue weighted by Gasteiger charge is 2.08. The molecule has 1 radical (unpaired) electrons.